The molecular formula is C11H24N2O. The summed E-state index contributed by atoms with van der Waals surface area (Å²) in [7, 11) is 1.79. The molecule has 0 amide bonds. The molecule has 0 spiro atoms. The quantitative estimate of drug-likeness (QED) is 0.735. The third-order valence-electron chi connectivity index (χ3n) is 3.47. The van der Waals surface area contributed by atoms with E-state index in [1.54, 1.807) is 7.11 Å². The predicted octanol–water partition coefficient (Wildman–Crippen LogP) is 1.10. The SMILES string of the molecule is CCC1(C)CNCCN1CC(C)OC. The summed E-state index contributed by atoms with van der Waals surface area (Å²) in [5.41, 5.74) is 0.311. The standard InChI is InChI=1S/C11H24N2O/c1-5-11(3)9-12-6-7-13(11)8-10(2)14-4/h10,12H,5-9H2,1-4H3. The molecule has 0 saturated carbocycles. The van der Waals surface area contributed by atoms with Gasteiger partial charge in [-0.05, 0) is 20.3 Å². The second kappa shape index (κ2) is 5.10. The van der Waals surface area contributed by atoms with Gasteiger partial charge in [-0.15, -0.1) is 0 Å². The first kappa shape index (κ1) is 12.0. The Kier molecular flexibility index (Phi) is 4.35. The van der Waals surface area contributed by atoms with Crippen molar-refractivity contribution >= 4 is 0 Å². The number of piperazine rings is 1. The Morgan fingerprint density at radius 1 is 1.57 bits per heavy atom. The van der Waals surface area contributed by atoms with Crippen LogP contribution in [-0.4, -0.2) is 49.8 Å². The van der Waals surface area contributed by atoms with Gasteiger partial charge in [-0.25, -0.2) is 0 Å². The zero-order valence-electron chi connectivity index (χ0n) is 9.97. The molecule has 2 atom stereocenters. The van der Waals surface area contributed by atoms with Crippen LogP contribution >= 0.6 is 0 Å². The van der Waals surface area contributed by atoms with Crippen LogP contribution in [0.5, 0.6) is 0 Å². The monoisotopic (exact) mass is 200 g/mol. The fraction of sp³-hybridized carbons (Fsp3) is 1.00. The molecule has 1 aliphatic heterocycles. The van der Waals surface area contributed by atoms with Crippen LogP contribution in [0.25, 0.3) is 0 Å². The molecule has 1 heterocycles. The smallest absolute Gasteiger partial charge is 0.0670 e. The molecule has 1 saturated heterocycles. The van der Waals surface area contributed by atoms with Crippen molar-refractivity contribution in [3.63, 3.8) is 0 Å². The summed E-state index contributed by atoms with van der Waals surface area (Å²) in [6.45, 7) is 11.1. The molecule has 3 nitrogen and oxygen atoms in total. The van der Waals surface area contributed by atoms with Crippen molar-refractivity contribution in [2.24, 2.45) is 0 Å². The van der Waals surface area contributed by atoms with Gasteiger partial charge in [0, 0.05) is 38.8 Å². The van der Waals surface area contributed by atoms with E-state index < -0.39 is 0 Å². The summed E-state index contributed by atoms with van der Waals surface area (Å²) in [5.74, 6) is 0. The van der Waals surface area contributed by atoms with E-state index >= 15 is 0 Å². The highest BCUT2D eigenvalue weighted by Gasteiger charge is 2.32. The van der Waals surface area contributed by atoms with Crippen LogP contribution in [-0.2, 0) is 4.74 Å². The number of rotatable bonds is 4. The maximum absolute atomic E-state index is 5.33. The molecule has 84 valence electrons. The third kappa shape index (κ3) is 2.69. The Morgan fingerprint density at radius 2 is 2.29 bits per heavy atom. The van der Waals surface area contributed by atoms with E-state index in [1.807, 2.05) is 0 Å². The number of hydrogen-bond donors (Lipinski definition) is 1. The minimum Gasteiger partial charge on any atom is -0.380 e. The summed E-state index contributed by atoms with van der Waals surface area (Å²) in [5, 5.41) is 3.47. The van der Waals surface area contributed by atoms with Gasteiger partial charge in [0.2, 0.25) is 0 Å². The number of nitrogens with one attached hydrogen (secondary N) is 1. The molecule has 14 heavy (non-hydrogen) atoms. The first-order valence-electron chi connectivity index (χ1n) is 5.61. The van der Waals surface area contributed by atoms with Gasteiger partial charge in [-0.2, -0.15) is 0 Å². The molecule has 0 radical (unpaired) electrons. The minimum absolute atomic E-state index is 0.311. The zero-order valence-corrected chi connectivity index (χ0v) is 9.97. The van der Waals surface area contributed by atoms with Gasteiger partial charge in [-0.1, -0.05) is 6.92 Å². The number of methoxy groups -OCH3 is 1. The summed E-state index contributed by atoms with van der Waals surface area (Å²) in [6.07, 6.45) is 1.52. The molecule has 1 N–H and O–H groups in total. The normalized spacial score (nSPS) is 31.7. The van der Waals surface area contributed by atoms with Crippen molar-refractivity contribution in [2.75, 3.05) is 33.3 Å². The zero-order chi connectivity index (χ0) is 10.6. The van der Waals surface area contributed by atoms with Gasteiger partial charge in [0.1, 0.15) is 0 Å². The van der Waals surface area contributed by atoms with Crippen molar-refractivity contribution in [1.29, 1.82) is 0 Å². The lowest BCUT2D eigenvalue weighted by molar-refractivity contribution is 0.0112. The highest BCUT2D eigenvalue weighted by atomic mass is 16.5. The lowest BCUT2D eigenvalue weighted by Crippen LogP contribution is -2.60. The Labute approximate surface area is 87.8 Å². The van der Waals surface area contributed by atoms with Crippen molar-refractivity contribution < 1.29 is 4.74 Å². The van der Waals surface area contributed by atoms with Gasteiger partial charge < -0.3 is 10.1 Å². The predicted molar refractivity (Wildman–Crippen MR) is 59.6 cm³/mol. The van der Waals surface area contributed by atoms with E-state index in [0.717, 1.165) is 26.2 Å². The summed E-state index contributed by atoms with van der Waals surface area (Å²) < 4.78 is 5.33. The van der Waals surface area contributed by atoms with Crippen LogP contribution in [0.1, 0.15) is 27.2 Å². The van der Waals surface area contributed by atoms with Crippen molar-refractivity contribution in [2.45, 2.75) is 38.8 Å². The minimum atomic E-state index is 0.311. The van der Waals surface area contributed by atoms with E-state index in [-0.39, 0.29) is 0 Å². The largest absolute Gasteiger partial charge is 0.380 e. The van der Waals surface area contributed by atoms with Crippen LogP contribution in [0.4, 0.5) is 0 Å². The lowest BCUT2D eigenvalue weighted by Gasteiger charge is -2.45. The molecule has 0 aromatic carbocycles. The second-order valence-corrected chi connectivity index (χ2v) is 4.52. The fourth-order valence-corrected chi connectivity index (χ4v) is 2.00. The van der Waals surface area contributed by atoms with Crippen LogP contribution in [0.15, 0.2) is 0 Å². The van der Waals surface area contributed by atoms with Crippen LogP contribution < -0.4 is 5.32 Å². The second-order valence-electron chi connectivity index (χ2n) is 4.52. The highest BCUT2D eigenvalue weighted by Crippen LogP contribution is 2.21. The Hall–Kier alpha value is -0.120. The van der Waals surface area contributed by atoms with E-state index in [4.69, 9.17) is 4.74 Å². The summed E-state index contributed by atoms with van der Waals surface area (Å²) in [4.78, 5) is 2.55. The lowest BCUT2D eigenvalue weighted by atomic mass is 9.94. The Bertz CT molecular complexity index is 175. The molecule has 0 bridgehead atoms. The third-order valence-corrected chi connectivity index (χ3v) is 3.47. The summed E-state index contributed by atoms with van der Waals surface area (Å²) in [6, 6.07) is 0. The van der Waals surface area contributed by atoms with Crippen LogP contribution in [0, 0.1) is 0 Å². The molecular weight excluding hydrogens is 176 g/mol. The molecule has 3 heteroatoms. The van der Waals surface area contributed by atoms with Crippen LogP contribution in [0.3, 0.4) is 0 Å². The fourth-order valence-electron chi connectivity index (χ4n) is 2.00. The first-order valence-corrected chi connectivity index (χ1v) is 5.61. The molecule has 1 rings (SSSR count). The van der Waals surface area contributed by atoms with Crippen molar-refractivity contribution in [3.8, 4) is 0 Å². The van der Waals surface area contributed by atoms with E-state index in [9.17, 15) is 0 Å². The van der Waals surface area contributed by atoms with Gasteiger partial charge in [0.05, 0.1) is 6.10 Å². The molecule has 2 unspecified atom stereocenters. The summed E-state index contributed by atoms with van der Waals surface area (Å²) >= 11 is 0. The van der Waals surface area contributed by atoms with Crippen molar-refractivity contribution in [1.82, 2.24) is 10.2 Å². The number of hydrogen-bond acceptors (Lipinski definition) is 3. The van der Waals surface area contributed by atoms with Crippen LogP contribution in [0.2, 0.25) is 0 Å². The maximum atomic E-state index is 5.33. The van der Waals surface area contributed by atoms with Gasteiger partial charge in [0.15, 0.2) is 0 Å². The number of nitrogens with zero attached hydrogens (tertiary/aromatic N) is 1. The molecule has 0 aliphatic carbocycles. The highest BCUT2D eigenvalue weighted by molar-refractivity contribution is 4.91. The molecule has 0 aromatic rings. The molecule has 1 aliphatic rings. The maximum Gasteiger partial charge on any atom is 0.0670 e. The first-order chi connectivity index (χ1) is 6.62. The molecule has 1 fully saturated rings. The average Bonchev–Trinajstić information content (AvgIpc) is 2.21. The Morgan fingerprint density at radius 3 is 2.86 bits per heavy atom. The Balaban J connectivity index is 2.54. The van der Waals surface area contributed by atoms with Crippen molar-refractivity contribution in [3.05, 3.63) is 0 Å². The van der Waals surface area contributed by atoms with Gasteiger partial charge >= 0.3 is 0 Å². The molecule has 0 aromatic heterocycles. The average molecular weight is 200 g/mol. The van der Waals surface area contributed by atoms with Gasteiger partial charge in [0.25, 0.3) is 0 Å². The topological polar surface area (TPSA) is 24.5 Å². The number of ether oxygens (including phenoxy) is 1. The van der Waals surface area contributed by atoms with E-state index in [1.165, 1.54) is 6.42 Å². The van der Waals surface area contributed by atoms with E-state index in [0.29, 0.717) is 11.6 Å². The van der Waals surface area contributed by atoms with E-state index in [2.05, 4.69) is 31.0 Å². The van der Waals surface area contributed by atoms with Gasteiger partial charge in [-0.3, -0.25) is 4.90 Å².